The lowest BCUT2D eigenvalue weighted by atomic mass is 9.51. The second kappa shape index (κ2) is 10.8. The highest BCUT2D eigenvalue weighted by Gasteiger charge is 2.58. The van der Waals surface area contributed by atoms with Crippen LogP contribution in [0.1, 0.15) is 80.9 Å². The Hall–Kier alpha value is -1.78. The highest BCUT2D eigenvalue weighted by molar-refractivity contribution is 5.85. The van der Waals surface area contributed by atoms with Crippen LogP contribution in [0.5, 0.6) is 11.5 Å². The summed E-state index contributed by atoms with van der Waals surface area (Å²) >= 11 is 0. The first-order chi connectivity index (χ1) is 17.4. The molecule has 1 heterocycles. The van der Waals surface area contributed by atoms with Crippen LogP contribution in [-0.4, -0.2) is 42.4 Å². The van der Waals surface area contributed by atoms with Gasteiger partial charge in [0.25, 0.3) is 0 Å². The third-order valence-electron chi connectivity index (χ3n) is 10.5. The number of halogens is 2. The van der Waals surface area contributed by atoms with Gasteiger partial charge in [-0.05, 0) is 129 Å². The van der Waals surface area contributed by atoms with Crippen molar-refractivity contribution in [3.05, 3.63) is 59.2 Å². The van der Waals surface area contributed by atoms with Gasteiger partial charge in [-0.2, -0.15) is 0 Å². The number of nitrogens with zero attached hydrogens (tertiary/aromatic N) is 1. The first kappa shape index (κ1) is 26.8. The standard InChI is InChI=1S/C32H42FNO2.ClH/c1-21-13-15-34(16-14-21)17-18-36-25-7-3-22(4-8-25)28-20-32(2)29(11-12-30(32)33)27-9-5-23-19-24(35)6-10-26(23)31(27)28;/h3-4,6-8,10,19,21,27-31,35H,5,9,11-18,20H2,1-2H3;1H/t27-,28+,29-,30+,31+,32-;/m0./s1. The zero-order valence-electron chi connectivity index (χ0n) is 22.4. The van der Waals surface area contributed by atoms with E-state index in [1.165, 1.54) is 42.6 Å². The molecule has 4 aliphatic rings. The van der Waals surface area contributed by atoms with Crippen molar-refractivity contribution in [2.24, 2.45) is 23.2 Å². The van der Waals surface area contributed by atoms with Crippen molar-refractivity contribution in [1.29, 1.82) is 0 Å². The van der Waals surface area contributed by atoms with Gasteiger partial charge in [0.15, 0.2) is 0 Å². The van der Waals surface area contributed by atoms with Crippen LogP contribution in [0, 0.1) is 23.2 Å². The summed E-state index contributed by atoms with van der Waals surface area (Å²) in [6.45, 7) is 8.65. The lowest BCUT2D eigenvalue weighted by molar-refractivity contribution is 0.00138. The molecule has 1 aliphatic heterocycles. The first-order valence-electron chi connectivity index (χ1n) is 14.3. The second-order valence-corrected chi connectivity index (χ2v) is 12.5. The molecule has 0 radical (unpaired) electrons. The third-order valence-corrected chi connectivity index (χ3v) is 10.5. The Balaban J connectivity index is 0.00000280. The third kappa shape index (κ3) is 5.01. The molecular weight excluding hydrogens is 485 g/mol. The maximum Gasteiger partial charge on any atom is 0.119 e. The maximum absolute atomic E-state index is 15.4. The maximum atomic E-state index is 15.4. The van der Waals surface area contributed by atoms with E-state index in [9.17, 15) is 5.11 Å². The minimum Gasteiger partial charge on any atom is -0.508 e. The summed E-state index contributed by atoms with van der Waals surface area (Å²) in [5, 5.41) is 10.1. The number of aromatic hydroxyl groups is 1. The van der Waals surface area contributed by atoms with Gasteiger partial charge >= 0.3 is 0 Å². The van der Waals surface area contributed by atoms with Gasteiger partial charge in [0.05, 0.1) is 0 Å². The number of ether oxygens (including phenoxy) is 1. The van der Waals surface area contributed by atoms with Gasteiger partial charge in [-0.3, -0.25) is 4.90 Å². The number of phenols is 1. The molecular formula is C32H43ClFNO2. The van der Waals surface area contributed by atoms with Crippen LogP contribution in [0.3, 0.4) is 0 Å². The Morgan fingerprint density at radius 3 is 2.54 bits per heavy atom. The molecule has 5 heteroatoms. The number of hydrogen-bond acceptors (Lipinski definition) is 3. The number of rotatable bonds is 5. The number of piperidine rings is 1. The van der Waals surface area contributed by atoms with E-state index in [-0.39, 0.29) is 17.8 Å². The Bertz CT molecular complexity index is 1070. The van der Waals surface area contributed by atoms with Crippen molar-refractivity contribution in [2.75, 3.05) is 26.2 Å². The fraction of sp³-hybridized carbons (Fsp3) is 0.625. The quantitative estimate of drug-likeness (QED) is 0.436. The summed E-state index contributed by atoms with van der Waals surface area (Å²) in [5.41, 5.74) is 3.74. The number of phenolic OH excluding ortho intramolecular Hbond substituents is 1. The summed E-state index contributed by atoms with van der Waals surface area (Å²) in [5.74, 6) is 3.79. The van der Waals surface area contributed by atoms with E-state index in [1.54, 1.807) is 0 Å². The zero-order chi connectivity index (χ0) is 24.9. The van der Waals surface area contributed by atoms with Crippen LogP contribution in [0.15, 0.2) is 42.5 Å². The summed E-state index contributed by atoms with van der Waals surface area (Å²) in [7, 11) is 0. The Kier molecular flexibility index (Phi) is 7.80. The van der Waals surface area contributed by atoms with E-state index >= 15 is 4.39 Å². The molecule has 3 aliphatic carbocycles. The van der Waals surface area contributed by atoms with Gasteiger partial charge in [0, 0.05) is 12.0 Å². The van der Waals surface area contributed by atoms with E-state index in [4.69, 9.17) is 4.74 Å². The van der Waals surface area contributed by atoms with Crippen molar-refractivity contribution >= 4 is 12.4 Å². The number of benzene rings is 2. The topological polar surface area (TPSA) is 32.7 Å². The minimum atomic E-state index is -0.701. The molecule has 2 aromatic carbocycles. The molecule has 6 rings (SSSR count). The van der Waals surface area contributed by atoms with E-state index in [0.717, 1.165) is 50.5 Å². The van der Waals surface area contributed by atoms with Crippen LogP contribution in [0.25, 0.3) is 0 Å². The van der Waals surface area contributed by atoms with Crippen LogP contribution < -0.4 is 4.74 Å². The number of aryl methyl sites for hydroxylation is 1. The number of fused-ring (bicyclic) bond motifs is 5. The van der Waals surface area contributed by atoms with E-state index in [0.29, 0.717) is 35.8 Å². The van der Waals surface area contributed by atoms with Crippen molar-refractivity contribution < 1.29 is 14.2 Å². The fourth-order valence-corrected chi connectivity index (χ4v) is 8.35. The average molecular weight is 528 g/mol. The Morgan fingerprint density at radius 2 is 1.78 bits per heavy atom. The molecule has 0 spiro atoms. The van der Waals surface area contributed by atoms with Crippen molar-refractivity contribution in [3.8, 4) is 11.5 Å². The summed E-state index contributed by atoms with van der Waals surface area (Å²) in [4.78, 5) is 2.51. The smallest absolute Gasteiger partial charge is 0.119 e. The van der Waals surface area contributed by atoms with E-state index in [1.807, 2.05) is 12.1 Å². The van der Waals surface area contributed by atoms with Gasteiger partial charge in [0.2, 0.25) is 0 Å². The van der Waals surface area contributed by atoms with Crippen LogP contribution in [-0.2, 0) is 6.42 Å². The molecule has 0 unspecified atom stereocenters. The predicted octanol–water partition coefficient (Wildman–Crippen LogP) is 7.51. The number of likely N-dealkylation sites (tertiary alicyclic amines) is 1. The normalized spacial score (nSPS) is 33.6. The number of hydrogen-bond donors (Lipinski definition) is 1. The van der Waals surface area contributed by atoms with Crippen molar-refractivity contribution in [3.63, 3.8) is 0 Å². The van der Waals surface area contributed by atoms with Gasteiger partial charge in [0.1, 0.15) is 24.3 Å². The Morgan fingerprint density at radius 1 is 1.03 bits per heavy atom. The van der Waals surface area contributed by atoms with Crippen LogP contribution in [0.2, 0.25) is 0 Å². The molecule has 2 aromatic rings. The lowest BCUT2D eigenvalue weighted by Crippen LogP contribution is -2.46. The first-order valence-corrected chi connectivity index (χ1v) is 14.3. The lowest BCUT2D eigenvalue weighted by Gasteiger charge is -2.53. The monoisotopic (exact) mass is 527 g/mol. The molecule has 202 valence electrons. The van der Waals surface area contributed by atoms with Crippen LogP contribution >= 0.6 is 12.4 Å². The highest BCUT2D eigenvalue weighted by atomic mass is 35.5. The minimum absolute atomic E-state index is 0. The largest absolute Gasteiger partial charge is 0.508 e. The molecule has 0 aromatic heterocycles. The zero-order valence-corrected chi connectivity index (χ0v) is 23.2. The Labute approximate surface area is 228 Å². The molecule has 0 amide bonds. The molecule has 1 N–H and O–H groups in total. The highest BCUT2D eigenvalue weighted by Crippen LogP contribution is 2.65. The summed E-state index contributed by atoms with van der Waals surface area (Å²) in [6.07, 6.45) is 6.59. The molecule has 6 atom stereocenters. The molecule has 0 bridgehead atoms. The van der Waals surface area contributed by atoms with Crippen molar-refractivity contribution in [1.82, 2.24) is 4.90 Å². The molecule has 37 heavy (non-hydrogen) atoms. The van der Waals surface area contributed by atoms with Gasteiger partial charge in [-0.1, -0.05) is 32.0 Å². The van der Waals surface area contributed by atoms with Gasteiger partial charge in [-0.25, -0.2) is 4.39 Å². The van der Waals surface area contributed by atoms with E-state index < -0.39 is 6.17 Å². The predicted molar refractivity (Wildman–Crippen MR) is 150 cm³/mol. The SMILES string of the molecule is CC1CCN(CCOc2ccc([C@H]3C[C@]4(C)[C@H](F)CC[C@H]4[C@@H]4CCc5cc(O)ccc5[C@H]43)cc2)CC1.Cl. The van der Waals surface area contributed by atoms with Crippen molar-refractivity contribution in [2.45, 2.75) is 76.8 Å². The van der Waals surface area contributed by atoms with Gasteiger partial charge < -0.3 is 9.84 Å². The molecule has 3 nitrogen and oxygen atoms in total. The summed E-state index contributed by atoms with van der Waals surface area (Å²) in [6, 6.07) is 14.7. The second-order valence-electron chi connectivity index (χ2n) is 12.5. The summed E-state index contributed by atoms with van der Waals surface area (Å²) < 4.78 is 21.5. The fourth-order valence-electron chi connectivity index (χ4n) is 8.35. The molecule has 3 fully saturated rings. The van der Waals surface area contributed by atoms with E-state index in [2.05, 4.69) is 49.1 Å². The van der Waals surface area contributed by atoms with Crippen LogP contribution in [0.4, 0.5) is 4.39 Å². The average Bonchev–Trinajstić information content (AvgIpc) is 3.19. The molecule has 2 saturated carbocycles. The molecule has 1 saturated heterocycles. The number of alkyl halides is 1. The van der Waals surface area contributed by atoms with Gasteiger partial charge in [-0.15, -0.1) is 12.4 Å².